The number of likely N-dealkylation sites (tertiary alicyclic amines) is 1. The lowest BCUT2D eigenvalue weighted by Gasteiger charge is -2.17. The number of aliphatic carboxylic acids is 1. The van der Waals surface area contributed by atoms with Crippen LogP contribution in [0.2, 0.25) is 0 Å². The molecule has 1 atom stereocenters. The predicted molar refractivity (Wildman–Crippen MR) is 68.2 cm³/mol. The molecule has 1 rings (SSSR count). The fourth-order valence-corrected chi connectivity index (χ4v) is 2.35. The van der Waals surface area contributed by atoms with Crippen LogP contribution in [-0.4, -0.2) is 59.6 Å². The minimum absolute atomic E-state index is 0.180. The van der Waals surface area contributed by atoms with Gasteiger partial charge in [0.25, 0.3) is 0 Å². The molecule has 0 aromatic carbocycles. The van der Waals surface area contributed by atoms with Crippen LogP contribution in [0, 0.1) is 0 Å². The van der Waals surface area contributed by atoms with Gasteiger partial charge in [0.05, 0.1) is 6.54 Å². The molecule has 17 heavy (non-hydrogen) atoms. The van der Waals surface area contributed by atoms with Crippen LogP contribution in [0.4, 0.5) is 0 Å². The second kappa shape index (κ2) is 7.55. The molecule has 1 saturated heterocycles. The summed E-state index contributed by atoms with van der Waals surface area (Å²) in [7, 11) is 0. The molecule has 0 spiro atoms. The van der Waals surface area contributed by atoms with Crippen molar-refractivity contribution in [1.29, 1.82) is 0 Å². The molecule has 2 N–H and O–H groups in total. The number of amides is 1. The molecule has 0 bridgehead atoms. The van der Waals surface area contributed by atoms with Crippen molar-refractivity contribution in [1.82, 2.24) is 10.2 Å². The Balaban J connectivity index is 2.32. The molecule has 1 aliphatic rings. The average Bonchev–Trinajstić information content (AvgIpc) is 2.76. The lowest BCUT2D eigenvalue weighted by molar-refractivity contribution is -0.142. The Labute approximate surface area is 106 Å². The highest BCUT2D eigenvalue weighted by atomic mass is 32.2. The van der Waals surface area contributed by atoms with E-state index in [1.807, 2.05) is 6.26 Å². The number of carbonyl (C=O) groups is 2. The highest BCUT2D eigenvalue weighted by molar-refractivity contribution is 7.98. The number of thioether (sulfide) groups is 1. The molecule has 0 saturated carbocycles. The van der Waals surface area contributed by atoms with Crippen molar-refractivity contribution < 1.29 is 14.7 Å². The van der Waals surface area contributed by atoms with Crippen molar-refractivity contribution in [2.45, 2.75) is 25.3 Å². The third kappa shape index (κ3) is 5.41. The summed E-state index contributed by atoms with van der Waals surface area (Å²) in [6.45, 7) is 2.20. The Morgan fingerprint density at radius 2 is 2.06 bits per heavy atom. The summed E-state index contributed by atoms with van der Waals surface area (Å²) in [5, 5.41) is 11.6. The molecule has 0 aromatic heterocycles. The van der Waals surface area contributed by atoms with E-state index < -0.39 is 12.0 Å². The molecule has 0 aliphatic carbocycles. The van der Waals surface area contributed by atoms with Crippen molar-refractivity contribution in [3.63, 3.8) is 0 Å². The number of hydrogen-bond donors (Lipinski definition) is 2. The third-order valence-electron chi connectivity index (χ3n) is 2.81. The smallest absolute Gasteiger partial charge is 0.326 e. The first kappa shape index (κ1) is 14.3. The summed E-state index contributed by atoms with van der Waals surface area (Å²) in [6, 6.07) is -0.752. The highest BCUT2D eigenvalue weighted by Crippen LogP contribution is 2.06. The zero-order valence-corrected chi connectivity index (χ0v) is 11.0. The third-order valence-corrected chi connectivity index (χ3v) is 3.45. The first-order valence-electron chi connectivity index (χ1n) is 5.87. The van der Waals surface area contributed by atoms with Crippen LogP contribution in [0.3, 0.4) is 0 Å². The van der Waals surface area contributed by atoms with Crippen LogP contribution in [-0.2, 0) is 9.59 Å². The fourth-order valence-electron chi connectivity index (χ4n) is 1.88. The maximum Gasteiger partial charge on any atom is 0.326 e. The van der Waals surface area contributed by atoms with Gasteiger partial charge in [-0.2, -0.15) is 11.8 Å². The van der Waals surface area contributed by atoms with E-state index in [2.05, 4.69) is 10.2 Å². The number of carboxylic acid groups (broad SMARTS) is 1. The molecule has 98 valence electrons. The van der Waals surface area contributed by atoms with Gasteiger partial charge < -0.3 is 10.4 Å². The molecule has 1 aliphatic heterocycles. The van der Waals surface area contributed by atoms with Crippen LogP contribution in [0.5, 0.6) is 0 Å². The predicted octanol–water partition coefficient (Wildman–Crippen LogP) is 0.405. The molecule has 0 aromatic rings. The van der Waals surface area contributed by atoms with Crippen LogP contribution in [0.15, 0.2) is 0 Å². The van der Waals surface area contributed by atoms with E-state index in [0.29, 0.717) is 13.0 Å². The van der Waals surface area contributed by atoms with Crippen molar-refractivity contribution in [2.24, 2.45) is 0 Å². The first-order chi connectivity index (χ1) is 8.13. The molecule has 0 radical (unpaired) electrons. The van der Waals surface area contributed by atoms with Gasteiger partial charge in [-0.3, -0.25) is 9.69 Å². The largest absolute Gasteiger partial charge is 0.480 e. The minimum Gasteiger partial charge on any atom is -0.480 e. The Hall–Kier alpha value is -0.750. The van der Waals surface area contributed by atoms with Crippen LogP contribution < -0.4 is 5.32 Å². The van der Waals surface area contributed by atoms with Crippen molar-refractivity contribution >= 4 is 23.6 Å². The molecule has 1 amide bonds. The van der Waals surface area contributed by atoms with E-state index >= 15 is 0 Å². The molecular formula is C11H20N2O3S. The lowest BCUT2D eigenvalue weighted by Crippen LogP contribution is -2.45. The quantitative estimate of drug-likeness (QED) is 0.693. The summed E-state index contributed by atoms with van der Waals surface area (Å²) in [5.41, 5.74) is 0. The second-order valence-electron chi connectivity index (χ2n) is 4.22. The van der Waals surface area contributed by atoms with Crippen molar-refractivity contribution in [3.05, 3.63) is 0 Å². The monoisotopic (exact) mass is 260 g/mol. The number of rotatable bonds is 7. The van der Waals surface area contributed by atoms with Gasteiger partial charge in [0, 0.05) is 0 Å². The van der Waals surface area contributed by atoms with E-state index in [1.165, 1.54) is 0 Å². The van der Waals surface area contributed by atoms with Gasteiger partial charge in [-0.05, 0) is 44.4 Å². The van der Waals surface area contributed by atoms with Gasteiger partial charge >= 0.3 is 5.97 Å². The standard InChI is InChI=1S/C11H20N2O3S/c1-17-7-4-9(11(15)16)12-10(14)8-13-5-2-3-6-13/h9H,2-8H2,1H3,(H,12,14)(H,15,16). The maximum absolute atomic E-state index is 11.7. The van der Waals surface area contributed by atoms with Gasteiger partial charge in [0.2, 0.25) is 5.91 Å². The molecular weight excluding hydrogens is 240 g/mol. The lowest BCUT2D eigenvalue weighted by atomic mass is 10.2. The van der Waals surface area contributed by atoms with Gasteiger partial charge in [-0.15, -0.1) is 0 Å². The topological polar surface area (TPSA) is 69.6 Å². The van der Waals surface area contributed by atoms with Crippen LogP contribution in [0.1, 0.15) is 19.3 Å². The Morgan fingerprint density at radius 1 is 1.41 bits per heavy atom. The van der Waals surface area contributed by atoms with E-state index in [0.717, 1.165) is 31.7 Å². The zero-order valence-electron chi connectivity index (χ0n) is 10.1. The Bertz CT molecular complexity index is 267. The summed E-state index contributed by atoms with van der Waals surface area (Å²) >= 11 is 1.58. The van der Waals surface area contributed by atoms with E-state index in [1.54, 1.807) is 11.8 Å². The van der Waals surface area contributed by atoms with Crippen molar-refractivity contribution in [3.8, 4) is 0 Å². The van der Waals surface area contributed by atoms with Crippen molar-refractivity contribution in [2.75, 3.05) is 31.6 Å². The highest BCUT2D eigenvalue weighted by Gasteiger charge is 2.21. The van der Waals surface area contributed by atoms with Crippen LogP contribution in [0.25, 0.3) is 0 Å². The molecule has 1 heterocycles. The first-order valence-corrected chi connectivity index (χ1v) is 7.26. The maximum atomic E-state index is 11.7. The Kier molecular flexibility index (Phi) is 6.36. The molecule has 5 nitrogen and oxygen atoms in total. The number of carbonyl (C=O) groups excluding carboxylic acids is 1. The van der Waals surface area contributed by atoms with Gasteiger partial charge in [0.15, 0.2) is 0 Å². The van der Waals surface area contributed by atoms with E-state index in [-0.39, 0.29) is 5.91 Å². The SMILES string of the molecule is CSCCC(NC(=O)CN1CCCC1)C(=O)O. The molecule has 1 unspecified atom stereocenters. The minimum atomic E-state index is -0.950. The summed E-state index contributed by atoms with van der Waals surface area (Å²) in [5.74, 6) is -0.393. The van der Waals surface area contributed by atoms with Gasteiger partial charge in [-0.25, -0.2) is 4.79 Å². The molecule has 1 fully saturated rings. The normalized spacial score (nSPS) is 17.9. The number of nitrogens with one attached hydrogen (secondary N) is 1. The van der Waals surface area contributed by atoms with Crippen LogP contribution >= 0.6 is 11.8 Å². The van der Waals surface area contributed by atoms with Gasteiger partial charge in [0.1, 0.15) is 6.04 Å². The average molecular weight is 260 g/mol. The number of carboxylic acids is 1. The molecule has 6 heteroatoms. The van der Waals surface area contributed by atoms with E-state index in [9.17, 15) is 9.59 Å². The fraction of sp³-hybridized carbons (Fsp3) is 0.818. The van der Waals surface area contributed by atoms with Gasteiger partial charge in [-0.1, -0.05) is 0 Å². The number of hydrogen-bond acceptors (Lipinski definition) is 4. The summed E-state index contributed by atoms with van der Waals surface area (Å²) < 4.78 is 0. The zero-order chi connectivity index (χ0) is 12.7. The number of nitrogens with zero attached hydrogens (tertiary/aromatic N) is 1. The van der Waals surface area contributed by atoms with E-state index in [4.69, 9.17) is 5.11 Å². The second-order valence-corrected chi connectivity index (χ2v) is 5.21. The Morgan fingerprint density at radius 3 is 2.59 bits per heavy atom. The summed E-state index contributed by atoms with van der Waals surface area (Å²) in [6.07, 6.45) is 4.65. The summed E-state index contributed by atoms with van der Waals surface area (Å²) in [4.78, 5) is 24.7.